The van der Waals surface area contributed by atoms with E-state index >= 15 is 0 Å². The van der Waals surface area contributed by atoms with E-state index in [9.17, 15) is 4.79 Å². The first-order valence-electron chi connectivity index (χ1n) is 9.32. The third kappa shape index (κ3) is 6.54. The van der Waals surface area contributed by atoms with Crippen LogP contribution in [0.2, 0.25) is 10.0 Å². The van der Waals surface area contributed by atoms with E-state index in [1.165, 1.54) is 14.2 Å². The normalized spacial score (nSPS) is 11.8. The van der Waals surface area contributed by atoms with Crippen molar-refractivity contribution in [3.8, 4) is 11.5 Å². The number of oxime groups is 1. The van der Waals surface area contributed by atoms with Gasteiger partial charge in [-0.1, -0.05) is 73.4 Å². The number of hydrogen-bond donors (Lipinski definition) is 1. The smallest absolute Gasteiger partial charge is 0.273 e. The third-order valence-corrected chi connectivity index (χ3v) is 4.47. The zero-order valence-corrected chi connectivity index (χ0v) is 19.2. The number of halogens is 2. The topological polar surface area (TPSA) is 69.2 Å². The highest BCUT2D eigenvalue weighted by molar-refractivity contribution is 6.45. The Morgan fingerprint density at radius 1 is 1.10 bits per heavy atom. The number of nitrogens with zero attached hydrogens (tertiary/aromatic N) is 1. The fourth-order valence-corrected chi connectivity index (χ4v) is 3.08. The lowest BCUT2D eigenvalue weighted by molar-refractivity contribution is -0.114. The summed E-state index contributed by atoms with van der Waals surface area (Å²) in [6.45, 7) is 6.82. The zero-order chi connectivity index (χ0) is 22.3. The average molecular weight is 453 g/mol. The molecule has 2 aromatic carbocycles. The Balaban J connectivity index is 2.22. The molecular formula is C22H26Cl2N2O4. The van der Waals surface area contributed by atoms with Gasteiger partial charge in [-0.15, -0.1) is 0 Å². The number of likely N-dealkylation sites (N-methyl/N-ethyl adjacent to an activating group) is 1. The standard InChI is InChI=1S/C22H26Cl2N2O4/c1-22(2,3)13-30-20-17(23)10-15(11-18(20)24)29-12-14-8-6-7-9-16(14)19(26-28-5)21(27)25-4/h6-11H,12-13H2,1-5H3,(H,25,27)/b26-19+. The summed E-state index contributed by atoms with van der Waals surface area (Å²) in [5.41, 5.74) is 1.47. The van der Waals surface area contributed by atoms with Crippen molar-refractivity contribution in [3.05, 3.63) is 57.6 Å². The maximum absolute atomic E-state index is 12.2. The lowest BCUT2D eigenvalue weighted by Gasteiger charge is -2.20. The van der Waals surface area contributed by atoms with E-state index in [2.05, 4.69) is 31.2 Å². The highest BCUT2D eigenvalue weighted by atomic mass is 35.5. The molecule has 0 aromatic heterocycles. The number of carbonyl (C=O) groups excluding carboxylic acids is 1. The van der Waals surface area contributed by atoms with Crippen molar-refractivity contribution in [3.63, 3.8) is 0 Å². The number of benzene rings is 2. The monoisotopic (exact) mass is 452 g/mol. The minimum absolute atomic E-state index is 0.0300. The van der Waals surface area contributed by atoms with Gasteiger partial charge in [0.15, 0.2) is 11.5 Å². The molecule has 0 saturated heterocycles. The molecule has 1 N–H and O–H groups in total. The number of hydrogen-bond acceptors (Lipinski definition) is 5. The van der Waals surface area contributed by atoms with Gasteiger partial charge >= 0.3 is 0 Å². The second kappa shape index (κ2) is 10.5. The van der Waals surface area contributed by atoms with E-state index in [1.807, 2.05) is 18.2 Å². The van der Waals surface area contributed by atoms with Crippen molar-refractivity contribution in [2.45, 2.75) is 27.4 Å². The molecule has 0 atom stereocenters. The first kappa shape index (κ1) is 23.8. The molecule has 30 heavy (non-hydrogen) atoms. The molecule has 1 amide bonds. The highest BCUT2D eigenvalue weighted by Gasteiger charge is 2.19. The Hall–Kier alpha value is -2.44. The average Bonchev–Trinajstić information content (AvgIpc) is 2.68. The van der Waals surface area contributed by atoms with Crippen molar-refractivity contribution in [1.29, 1.82) is 0 Å². The van der Waals surface area contributed by atoms with E-state index in [0.717, 1.165) is 5.56 Å². The third-order valence-electron chi connectivity index (χ3n) is 3.91. The second-order valence-electron chi connectivity index (χ2n) is 7.71. The van der Waals surface area contributed by atoms with E-state index in [4.69, 9.17) is 37.5 Å². The fraction of sp³-hybridized carbons (Fsp3) is 0.364. The molecule has 0 fully saturated rings. The summed E-state index contributed by atoms with van der Waals surface area (Å²) < 4.78 is 11.7. The van der Waals surface area contributed by atoms with Crippen molar-refractivity contribution in [2.24, 2.45) is 10.6 Å². The van der Waals surface area contributed by atoms with Gasteiger partial charge in [-0.2, -0.15) is 0 Å². The Morgan fingerprint density at radius 2 is 1.73 bits per heavy atom. The van der Waals surface area contributed by atoms with Crippen LogP contribution in [0, 0.1) is 5.41 Å². The Kier molecular flexibility index (Phi) is 8.38. The van der Waals surface area contributed by atoms with Crippen molar-refractivity contribution in [1.82, 2.24) is 5.32 Å². The van der Waals surface area contributed by atoms with Crippen molar-refractivity contribution < 1.29 is 19.1 Å². The van der Waals surface area contributed by atoms with Crippen LogP contribution >= 0.6 is 23.2 Å². The quantitative estimate of drug-likeness (QED) is 0.447. The number of ether oxygens (including phenoxy) is 2. The van der Waals surface area contributed by atoms with Crippen LogP contribution in [0.4, 0.5) is 0 Å². The van der Waals surface area contributed by atoms with Gasteiger partial charge < -0.3 is 19.6 Å². The summed E-state index contributed by atoms with van der Waals surface area (Å²) >= 11 is 12.7. The molecule has 2 aromatic rings. The van der Waals surface area contributed by atoms with Crippen molar-refractivity contribution in [2.75, 3.05) is 20.8 Å². The lowest BCUT2D eigenvalue weighted by atomic mass is 9.99. The van der Waals surface area contributed by atoms with Crippen LogP contribution in [0.5, 0.6) is 11.5 Å². The lowest BCUT2D eigenvalue weighted by Crippen LogP contribution is -2.29. The molecule has 8 heteroatoms. The van der Waals surface area contributed by atoms with Gasteiger partial charge in [-0.05, 0) is 11.0 Å². The summed E-state index contributed by atoms with van der Waals surface area (Å²) in [6, 6.07) is 10.6. The Morgan fingerprint density at radius 3 is 2.30 bits per heavy atom. The molecule has 0 aliphatic heterocycles. The van der Waals surface area contributed by atoms with Gasteiger partial charge in [0.05, 0.1) is 16.7 Å². The molecule has 0 aliphatic carbocycles. The van der Waals surface area contributed by atoms with Crippen LogP contribution in [0.1, 0.15) is 31.9 Å². The largest absolute Gasteiger partial charge is 0.490 e. The number of amides is 1. The summed E-state index contributed by atoms with van der Waals surface area (Å²) in [5, 5.41) is 7.13. The Labute approximate surface area is 187 Å². The first-order valence-corrected chi connectivity index (χ1v) is 10.1. The zero-order valence-electron chi connectivity index (χ0n) is 17.7. The van der Waals surface area contributed by atoms with E-state index in [1.54, 1.807) is 18.2 Å². The molecule has 0 spiro atoms. The number of carbonyl (C=O) groups is 1. The van der Waals surface area contributed by atoms with Crippen LogP contribution < -0.4 is 14.8 Å². The second-order valence-corrected chi connectivity index (χ2v) is 8.53. The van der Waals surface area contributed by atoms with Gasteiger partial charge in [-0.3, -0.25) is 4.79 Å². The molecule has 0 unspecified atom stereocenters. The molecule has 6 nitrogen and oxygen atoms in total. The van der Waals surface area contributed by atoms with Gasteiger partial charge in [0, 0.05) is 24.7 Å². The van der Waals surface area contributed by atoms with E-state index in [0.29, 0.717) is 33.7 Å². The van der Waals surface area contributed by atoms with E-state index < -0.39 is 0 Å². The minimum atomic E-state index is -0.365. The summed E-state index contributed by atoms with van der Waals surface area (Å²) in [7, 11) is 2.91. The van der Waals surface area contributed by atoms with Gasteiger partial charge in [0.2, 0.25) is 0 Å². The molecular weight excluding hydrogens is 427 g/mol. The van der Waals surface area contributed by atoms with Crippen molar-refractivity contribution >= 4 is 34.8 Å². The van der Waals surface area contributed by atoms with Crippen LogP contribution in [-0.4, -0.2) is 32.4 Å². The minimum Gasteiger partial charge on any atom is -0.490 e. The molecule has 0 radical (unpaired) electrons. The maximum Gasteiger partial charge on any atom is 0.273 e. The highest BCUT2D eigenvalue weighted by Crippen LogP contribution is 2.38. The molecule has 162 valence electrons. The van der Waals surface area contributed by atoms with Crippen LogP contribution in [0.15, 0.2) is 41.6 Å². The predicted octanol–water partition coefficient (Wildman–Crippen LogP) is 5.09. The van der Waals surface area contributed by atoms with Crippen LogP contribution in [0.3, 0.4) is 0 Å². The first-order chi connectivity index (χ1) is 14.2. The number of rotatable bonds is 8. The van der Waals surface area contributed by atoms with Crippen LogP contribution in [0.25, 0.3) is 0 Å². The molecule has 0 heterocycles. The summed E-state index contributed by atoms with van der Waals surface area (Å²) in [5.74, 6) is 0.541. The Bertz CT molecular complexity index is 901. The van der Waals surface area contributed by atoms with Gasteiger partial charge in [0.25, 0.3) is 5.91 Å². The fourth-order valence-electron chi connectivity index (χ4n) is 2.51. The number of nitrogens with one attached hydrogen (secondary N) is 1. The van der Waals surface area contributed by atoms with Gasteiger partial charge in [-0.25, -0.2) is 0 Å². The van der Waals surface area contributed by atoms with E-state index in [-0.39, 0.29) is 23.6 Å². The maximum atomic E-state index is 12.2. The summed E-state index contributed by atoms with van der Waals surface area (Å²) in [6.07, 6.45) is 0. The van der Waals surface area contributed by atoms with Gasteiger partial charge in [0.1, 0.15) is 19.5 Å². The van der Waals surface area contributed by atoms with Crippen LogP contribution in [-0.2, 0) is 16.2 Å². The predicted molar refractivity (Wildman–Crippen MR) is 120 cm³/mol. The molecule has 2 rings (SSSR count). The summed E-state index contributed by atoms with van der Waals surface area (Å²) in [4.78, 5) is 17.0. The molecule has 0 aliphatic rings. The molecule has 0 bridgehead atoms. The molecule has 0 saturated carbocycles. The SMILES string of the molecule is CNC(=O)/C(=N/OC)c1ccccc1COc1cc(Cl)c(OCC(C)(C)C)c(Cl)c1.